The number of allylic oxidation sites excluding steroid dienone is 2. The van der Waals surface area contributed by atoms with Gasteiger partial charge in [0.2, 0.25) is 0 Å². The lowest BCUT2D eigenvalue weighted by molar-refractivity contribution is -0.168. The molecule has 0 aliphatic heterocycles. The van der Waals surface area contributed by atoms with Gasteiger partial charge in [-0.2, -0.15) is 0 Å². The third kappa shape index (κ3) is 4.67. The Bertz CT molecular complexity index is 344. The van der Waals surface area contributed by atoms with E-state index in [0.29, 0.717) is 24.2 Å². The van der Waals surface area contributed by atoms with Crippen LogP contribution in [0.5, 0.6) is 0 Å². The highest BCUT2D eigenvalue weighted by Gasteiger charge is 2.41. The van der Waals surface area contributed by atoms with Crippen molar-refractivity contribution in [3.63, 3.8) is 0 Å². The van der Waals surface area contributed by atoms with Gasteiger partial charge in [0.15, 0.2) is 6.29 Å². The van der Waals surface area contributed by atoms with E-state index in [-0.39, 0.29) is 18.3 Å². The quantitative estimate of drug-likeness (QED) is 0.547. The molecule has 0 aromatic rings. The number of hydrogen-bond donors (Lipinski definition) is 1. The first-order valence-corrected chi connectivity index (χ1v) is 7.97. The molecule has 1 aliphatic carbocycles. The van der Waals surface area contributed by atoms with Crippen LogP contribution in [0.3, 0.4) is 0 Å². The van der Waals surface area contributed by atoms with Gasteiger partial charge < -0.3 is 14.6 Å². The summed E-state index contributed by atoms with van der Waals surface area (Å²) in [5.41, 5.74) is 1.35. The van der Waals surface area contributed by atoms with Gasteiger partial charge >= 0.3 is 0 Å². The lowest BCUT2D eigenvalue weighted by Gasteiger charge is -2.43. The van der Waals surface area contributed by atoms with Crippen LogP contribution in [-0.2, 0) is 9.47 Å². The summed E-state index contributed by atoms with van der Waals surface area (Å²) < 4.78 is 11.2. The normalized spacial score (nSPS) is 27.8. The summed E-state index contributed by atoms with van der Waals surface area (Å²) in [6.45, 7) is 10.4. The van der Waals surface area contributed by atoms with E-state index in [1.807, 2.05) is 0 Å². The Kier molecular flexibility index (Phi) is 7.64. The highest BCUT2D eigenvalue weighted by atomic mass is 16.7. The van der Waals surface area contributed by atoms with E-state index in [2.05, 4.69) is 33.4 Å². The molecule has 4 atom stereocenters. The van der Waals surface area contributed by atoms with E-state index in [1.165, 1.54) is 5.57 Å². The van der Waals surface area contributed by atoms with Gasteiger partial charge in [0, 0.05) is 20.1 Å². The third-order valence-electron chi connectivity index (χ3n) is 4.86. The van der Waals surface area contributed by atoms with E-state index >= 15 is 0 Å². The molecule has 0 fully saturated rings. The molecular weight excluding hydrogens is 264 g/mol. The lowest BCUT2D eigenvalue weighted by Crippen LogP contribution is -2.42. The molecule has 0 amide bonds. The van der Waals surface area contributed by atoms with Gasteiger partial charge in [0.1, 0.15) is 0 Å². The molecule has 21 heavy (non-hydrogen) atoms. The molecule has 122 valence electrons. The van der Waals surface area contributed by atoms with Gasteiger partial charge in [-0.1, -0.05) is 31.6 Å². The SMILES string of the molecule is C=CC[C@@H](O)C[C@H]1C(C)=CC[C@H](C(C)C)[C@H]1C(OC)OC. The van der Waals surface area contributed by atoms with Crippen LogP contribution in [0.25, 0.3) is 0 Å². The fraction of sp³-hybridized carbons (Fsp3) is 0.778. The van der Waals surface area contributed by atoms with Gasteiger partial charge in [-0.05, 0) is 43.9 Å². The van der Waals surface area contributed by atoms with Crippen molar-refractivity contribution >= 4 is 0 Å². The van der Waals surface area contributed by atoms with E-state index in [0.717, 1.165) is 12.8 Å². The molecule has 1 rings (SSSR count). The second-order valence-corrected chi connectivity index (χ2v) is 6.53. The number of ether oxygens (including phenoxy) is 2. The van der Waals surface area contributed by atoms with E-state index < -0.39 is 0 Å². The molecule has 3 heteroatoms. The molecular formula is C18H32O3. The minimum atomic E-state index is -0.348. The van der Waals surface area contributed by atoms with Crippen molar-refractivity contribution < 1.29 is 14.6 Å². The predicted molar refractivity (Wildman–Crippen MR) is 86.9 cm³/mol. The first-order valence-electron chi connectivity index (χ1n) is 7.97. The molecule has 0 aromatic heterocycles. The van der Waals surface area contributed by atoms with Crippen LogP contribution in [-0.4, -0.2) is 31.7 Å². The Morgan fingerprint density at radius 2 is 2.00 bits per heavy atom. The number of aliphatic hydroxyl groups is 1. The average molecular weight is 296 g/mol. The van der Waals surface area contributed by atoms with E-state index in [9.17, 15) is 5.11 Å². The van der Waals surface area contributed by atoms with Crippen LogP contribution in [0, 0.1) is 23.7 Å². The first-order chi connectivity index (χ1) is 9.96. The minimum absolute atomic E-state index is 0.220. The van der Waals surface area contributed by atoms with Gasteiger partial charge in [-0.15, -0.1) is 6.58 Å². The number of rotatable bonds is 8. The molecule has 0 saturated heterocycles. The maximum atomic E-state index is 10.2. The van der Waals surface area contributed by atoms with Gasteiger partial charge in [0.05, 0.1) is 6.10 Å². The second kappa shape index (κ2) is 8.72. The zero-order valence-corrected chi connectivity index (χ0v) is 14.2. The predicted octanol–water partition coefficient (Wildman–Crippen LogP) is 3.79. The molecule has 0 unspecified atom stereocenters. The molecule has 0 saturated carbocycles. The summed E-state index contributed by atoms with van der Waals surface area (Å²) >= 11 is 0. The van der Waals surface area contributed by atoms with Crippen LogP contribution in [0.4, 0.5) is 0 Å². The average Bonchev–Trinajstić information content (AvgIpc) is 2.43. The third-order valence-corrected chi connectivity index (χ3v) is 4.86. The standard InChI is InChI=1S/C18H32O3/c1-7-8-14(19)11-16-13(4)9-10-15(12(2)3)17(16)18(20-5)21-6/h7,9,12,14-19H,1,8,10-11H2,2-6H3/t14-,15-,16+,17-/m1/s1. The summed E-state index contributed by atoms with van der Waals surface area (Å²) in [7, 11) is 3.41. The zero-order valence-electron chi connectivity index (χ0n) is 14.2. The van der Waals surface area contributed by atoms with Gasteiger partial charge in [-0.3, -0.25) is 0 Å². The summed E-state index contributed by atoms with van der Waals surface area (Å²) in [5.74, 6) is 1.65. The first kappa shape index (κ1) is 18.4. The summed E-state index contributed by atoms with van der Waals surface area (Å²) in [5, 5.41) is 10.2. The van der Waals surface area contributed by atoms with Crippen molar-refractivity contribution in [1.82, 2.24) is 0 Å². The van der Waals surface area contributed by atoms with Crippen molar-refractivity contribution in [3.8, 4) is 0 Å². The zero-order chi connectivity index (χ0) is 16.0. The molecule has 1 N–H and O–H groups in total. The summed E-state index contributed by atoms with van der Waals surface area (Å²) in [6, 6.07) is 0. The lowest BCUT2D eigenvalue weighted by atomic mass is 9.66. The summed E-state index contributed by atoms with van der Waals surface area (Å²) in [4.78, 5) is 0. The van der Waals surface area contributed by atoms with Crippen LogP contribution in [0.2, 0.25) is 0 Å². The van der Waals surface area contributed by atoms with Crippen molar-refractivity contribution in [2.24, 2.45) is 23.7 Å². The Labute approximate surface area is 130 Å². The topological polar surface area (TPSA) is 38.7 Å². The fourth-order valence-electron chi connectivity index (χ4n) is 3.68. The Hall–Kier alpha value is -0.640. The minimum Gasteiger partial charge on any atom is -0.393 e. The maximum Gasteiger partial charge on any atom is 0.160 e. The van der Waals surface area contributed by atoms with E-state index in [1.54, 1.807) is 20.3 Å². The van der Waals surface area contributed by atoms with Crippen LogP contribution >= 0.6 is 0 Å². The Morgan fingerprint density at radius 1 is 1.38 bits per heavy atom. The molecule has 0 bridgehead atoms. The monoisotopic (exact) mass is 296 g/mol. The van der Waals surface area contributed by atoms with Crippen molar-refractivity contribution in [3.05, 3.63) is 24.3 Å². The van der Waals surface area contributed by atoms with Crippen molar-refractivity contribution in [2.75, 3.05) is 14.2 Å². The van der Waals surface area contributed by atoms with Crippen LogP contribution < -0.4 is 0 Å². The number of hydrogen-bond acceptors (Lipinski definition) is 3. The number of aliphatic hydroxyl groups excluding tert-OH is 1. The largest absolute Gasteiger partial charge is 0.393 e. The highest BCUT2D eigenvalue weighted by Crippen LogP contribution is 2.43. The van der Waals surface area contributed by atoms with Crippen LogP contribution in [0.15, 0.2) is 24.3 Å². The van der Waals surface area contributed by atoms with Crippen molar-refractivity contribution in [1.29, 1.82) is 0 Å². The van der Waals surface area contributed by atoms with Crippen molar-refractivity contribution in [2.45, 2.75) is 52.4 Å². The number of methoxy groups -OCH3 is 2. The van der Waals surface area contributed by atoms with Gasteiger partial charge in [-0.25, -0.2) is 0 Å². The maximum absolute atomic E-state index is 10.2. The van der Waals surface area contributed by atoms with Crippen LogP contribution in [0.1, 0.15) is 40.0 Å². The van der Waals surface area contributed by atoms with E-state index in [4.69, 9.17) is 9.47 Å². The summed E-state index contributed by atoms with van der Waals surface area (Å²) in [6.07, 6.45) is 5.98. The molecule has 0 spiro atoms. The van der Waals surface area contributed by atoms with Gasteiger partial charge in [0.25, 0.3) is 0 Å². The Balaban J connectivity index is 3.03. The molecule has 0 heterocycles. The second-order valence-electron chi connectivity index (χ2n) is 6.53. The highest BCUT2D eigenvalue weighted by molar-refractivity contribution is 5.13. The smallest absolute Gasteiger partial charge is 0.160 e. The molecule has 3 nitrogen and oxygen atoms in total. The molecule has 1 aliphatic rings. The fourth-order valence-corrected chi connectivity index (χ4v) is 3.68. The molecule has 0 aromatic carbocycles. The Morgan fingerprint density at radius 3 is 2.48 bits per heavy atom. The molecule has 0 radical (unpaired) electrons.